The van der Waals surface area contributed by atoms with Gasteiger partial charge in [-0.05, 0) is 25.0 Å². The number of hydrogen-bond acceptors (Lipinski definition) is 6. The van der Waals surface area contributed by atoms with Crippen molar-refractivity contribution >= 4 is 17.8 Å². The van der Waals surface area contributed by atoms with Crippen molar-refractivity contribution < 1.29 is 41.8 Å². The maximum absolute atomic E-state index is 14.6. The van der Waals surface area contributed by atoms with Gasteiger partial charge in [0.1, 0.15) is 12.0 Å². The summed E-state index contributed by atoms with van der Waals surface area (Å²) in [5.74, 6) is -3.89. The van der Waals surface area contributed by atoms with Crippen molar-refractivity contribution in [1.29, 1.82) is 0 Å². The van der Waals surface area contributed by atoms with Gasteiger partial charge in [-0.3, -0.25) is 9.59 Å². The lowest BCUT2D eigenvalue weighted by atomic mass is 9.83. The molecular formula is C26H26F3NO6. The number of halogens is 3. The van der Waals surface area contributed by atoms with E-state index in [1.54, 1.807) is 30.3 Å². The number of benzene rings is 2. The van der Waals surface area contributed by atoms with Gasteiger partial charge in [-0.1, -0.05) is 48.5 Å². The molecule has 1 amide bonds. The molecule has 2 saturated heterocycles. The summed E-state index contributed by atoms with van der Waals surface area (Å²) in [7, 11) is 1.98. The van der Waals surface area contributed by atoms with Crippen LogP contribution in [0.2, 0.25) is 0 Å². The first kappa shape index (κ1) is 25.7. The van der Waals surface area contributed by atoms with Crippen molar-refractivity contribution in [3.63, 3.8) is 0 Å². The van der Waals surface area contributed by atoms with Crippen LogP contribution in [0.25, 0.3) is 0 Å². The van der Waals surface area contributed by atoms with Crippen molar-refractivity contribution in [1.82, 2.24) is 4.90 Å². The molecule has 2 aromatic rings. The number of fused-ring (bicyclic) bond motifs is 2. The second-order valence-corrected chi connectivity index (χ2v) is 8.85. The maximum atomic E-state index is 14.6. The standard InChI is InChI=1S/C26H26F3NO6/c1-34-23(32)21-19-14-13-18(15-20(21)36-22(31)16-9-5-3-6-10-16)30(19)24(33)25(35-2,26(27,28)29)17-11-7-4-8-12-17/h3-12,18-21H,13-15H2,1-2H3/t18-,19+,20-,21+,25-/m0/s1. The highest BCUT2D eigenvalue weighted by molar-refractivity contribution is 5.91. The number of nitrogens with zero attached hydrogens (tertiary/aromatic N) is 1. The van der Waals surface area contributed by atoms with Crippen molar-refractivity contribution in [2.45, 2.75) is 49.2 Å². The van der Waals surface area contributed by atoms with Crippen molar-refractivity contribution in [3.05, 3.63) is 71.8 Å². The average Bonchev–Trinajstić information content (AvgIpc) is 3.18. The van der Waals surface area contributed by atoms with E-state index in [0.717, 1.165) is 19.1 Å². The Labute approximate surface area is 206 Å². The maximum Gasteiger partial charge on any atom is 0.430 e. The van der Waals surface area contributed by atoms with Crippen LogP contribution in [0.3, 0.4) is 0 Å². The van der Waals surface area contributed by atoms with Crippen LogP contribution in [-0.4, -0.2) is 61.3 Å². The molecule has 0 spiro atoms. The van der Waals surface area contributed by atoms with E-state index in [1.165, 1.54) is 30.3 Å². The van der Waals surface area contributed by atoms with E-state index in [2.05, 4.69) is 0 Å². The van der Waals surface area contributed by atoms with Crippen LogP contribution in [-0.2, 0) is 29.4 Å². The minimum absolute atomic E-state index is 0.00692. The van der Waals surface area contributed by atoms with Gasteiger partial charge in [0.2, 0.25) is 0 Å². The Morgan fingerprint density at radius 3 is 2.08 bits per heavy atom. The zero-order chi connectivity index (χ0) is 26.1. The highest BCUT2D eigenvalue weighted by Gasteiger charge is 2.67. The number of ether oxygens (including phenoxy) is 3. The smallest absolute Gasteiger partial charge is 0.430 e. The molecule has 2 aliphatic heterocycles. The van der Waals surface area contributed by atoms with Crippen LogP contribution >= 0.6 is 0 Å². The molecule has 5 atom stereocenters. The number of carbonyl (C=O) groups is 3. The number of alkyl halides is 3. The van der Waals surface area contributed by atoms with Gasteiger partial charge in [-0.25, -0.2) is 4.79 Å². The van der Waals surface area contributed by atoms with Crippen LogP contribution in [0.1, 0.15) is 35.2 Å². The number of carbonyl (C=O) groups excluding carboxylic acids is 3. The molecule has 2 fully saturated rings. The van der Waals surface area contributed by atoms with E-state index in [9.17, 15) is 27.6 Å². The van der Waals surface area contributed by atoms with Gasteiger partial charge in [0.05, 0.1) is 12.7 Å². The molecule has 0 N–H and O–H groups in total. The molecule has 4 rings (SSSR count). The third-order valence-corrected chi connectivity index (χ3v) is 7.03. The van der Waals surface area contributed by atoms with Crippen LogP contribution < -0.4 is 0 Å². The third kappa shape index (κ3) is 4.23. The summed E-state index contributed by atoms with van der Waals surface area (Å²) < 4.78 is 59.3. The molecule has 2 heterocycles. The molecule has 10 heteroatoms. The fourth-order valence-corrected chi connectivity index (χ4v) is 5.41. The second kappa shape index (κ2) is 9.93. The van der Waals surface area contributed by atoms with Crippen molar-refractivity contribution in [3.8, 4) is 0 Å². The number of methoxy groups -OCH3 is 2. The topological polar surface area (TPSA) is 82.1 Å². The molecule has 2 bridgehead atoms. The highest BCUT2D eigenvalue weighted by atomic mass is 19.4. The Morgan fingerprint density at radius 1 is 0.917 bits per heavy atom. The normalized spacial score (nSPS) is 25.1. The molecule has 2 aromatic carbocycles. The van der Waals surface area contributed by atoms with Gasteiger partial charge in [0.25, 0.3) is 11.5 Å². The molecular weight excluding hydrogens is 479 g/mol. The van der Waals surface area contributed by atoms with Gasteiger partial charge in [0.15, 0.2) is 0 Å². The lowest BCUT2D eigenvalue weighted by Crippen LogP contribution is -2.64. The quantitative estimate of drug-likeness (QED) is 0.555. The first-order chi connectivity index (χ1) is 17.2. The SMILES string of the molecule is COC(=O)[C@H]1[C@@H](OC(=O)c2ccccc2)C[C@@H]2CC[C@H]1N2C(=O)[C@@](OC)(c1ccccc1)C(F)(F)F. The molecule has 0 aromatic heterocycles. The number of esters is 2. The van der Waals surface area contributed by atoms with E-state index >= 15 is 0 Å². The fourth-order valence-electron chi connectivity index (χ4n) is 5.41. The van der Waals surface area contributed by atoms with Gasteiger partial charge >= 0.3 is 18.1 Å². The fraction of sp³-hybridized carbons (Fsp3) is 0.423. The molecule has 0 unspecified atom stereocenters. The molecule has 7 nitrogen and oxygen atoms in total. The molecule has 36 heavy (non-hydrogen) atoms. The van der Waals surface area contributed by atoms with Gasteiger partial charge in [-0.2, -0.15) is 13.2 Å². The van der Waals surface area contributed by atoms with Crippen LogP contribution in [0.15, 0.2) is 60.7 Å². The first-order valence-electron chi connectivity index (χ1n) is 11.5. The monoisotopic (exact) mass is 505 g/mol. The Balaban J connectivity index is 1.70. The zero-order valence-corrected chi connectivity index (χ0v) is 19.7. The summed E-state index contributed by atoms with van der Waals surface area (Å²) in [4.78, 5) is 40.4. The Bertz CT molecular complexity index is 1110. The van der Waals surface area contributed by atoms with Crippen molar-refractivity contribution in [2.75, 3.05) is 14.2 Å². The number of hydrogen-bond donors (Lipinski definition) is 0. The summed E-state index contributed by atoms with van der Waals surface area (Å²) in [6, 6.07) is 13.2. The van der Waals surface area contributed by atoms with E-state index < -0.39 is 53.7 Å². The lowest BCUT2D eigenvalue weighted by Gasteiger charge is -2.46. The lowest BCUT2D eigenvalue weighted by molar-refractivity contribution is -0.272. The minimum atomic E-state index is -5.09. The number of rotatable bonds is 6. The Kier molecular flexibility index (Phi) is 7.08. The molecule has 192 valence electrons. The van der Waals surface area contributed by atoms with E-state index in [-0.39, 0.29) is 24.0 Å². The third-order valence-electron chi connectivity index (χ3n) is 7.03. The summed E-state index contributed by atoms with van der Waals surface area (Å²) >= 11 is 0. The van der Waals surface area contributed by atoms with Crippen molar-refractivity contribution in [2.24, 2.45) is 5.92 Å². The minimum Gasteiger partial charge on any atom is -0.469 e. The Morgan fingerprint density at radius 2 is 1.53 bits per heavy atom. The average molecular weight is 505 g/mol. The highest BCUT2D eigenvalue weighted by Crippen LogP contribution is 2.49. The molecule has 0 radical (unpaired) electrons. The van der Waals surface area contributed by atoms with E-state index in [1.807, 2.05) is 0 Å². The molecule has 0 saturated carbocycles. The molecule has 2 aliphatic rings. The summed E-state index contributed by atoms with van der Waals surface area (Å²) in [6.45, 7) is 0. The number of piperidine rings is 1. The van der Waals surface area contributed by atoms with E-state index in [4.69, 9.17) is 14.2 Å². The largest absolute Gasteiger partial charge is 0.469 e. The summed E-state index contributed by atoms with van der Waals surface area (Å²) in [6.07, 6.45) is -5.46. The molecule has 0 aliphatic carbocycles. The zero-order valence-electron chi connectivity index (χ0n) is 19.7. The van der Waals surface area contributed by atoms with Crippen LogP contribution in [0.4, 0.5) is 13.2 Å². The van der Waals surface area contributed by atoms with Gasteiger partial charge in [-0.15, -0.1) is 0 Å². The summed E-state index contributed by atoms with van der Waals surface area (Å²) in [5, 5.41) is 0. The number of amides is 1. The second-order valence-electron chi connectivity index (χ2n) is 8.85. The predicted molar refractivity (Wildman–Crippen MR) is 121 cm³/mol. The van der Waals surface area contributed by atoms with Gasteiger partial charge < -0.3 is 19.1 Å². The predicted octanol–water partition coefficient (Wildman–Crippen LogP) is 3.87. The summed E-state index contributed by atoms with van der Waals surface area (Å²) in [5.41, 5.74) is -3.35. The van der Waals surface area contributed by atoms with E-state index in [0.29, 0.717) is 6.42 Å². The Hall–Kier alpha value is -3.40. The van der Waals surface area contributed by atoms with Crippen LogP contribution in [0.5, 0.6) is 0 Å². The first-order valence-corrected chi connectivity index (χ1v) is 11.5. The van der Waals surface area contributed by atoms with Gasteiger partial charge in [0, 0.05) is 31.2 Å². The van der Waals surface area contributed by atoms with Crippen LogP contribution in [0, 0.1) is 5.92 Å².